The quantitative estimate of drug-likeness (QED) is 0.692. The van der Waals surface area contributed by atoms with Crippen LogP contribution in [-0.4, -0.2) is 22.9 Å². The zero-order chi connectivity index (χ0) is 18.0. The zero-order valence-electron chi connectivity index (χ0n) is 13.7. The van der Waals surface area contributed by atoms with Crippen molar-refractivity contribution in [2.45, 2.75) is 0 Å². The van der Waals surface area contributed by atoms with Crippen LogP contribution in [-0.2, 0) is 7.05 Å². The Hall–Kier alpha value is -2.67. The Morgan fingerprint density at radius 1 is 1.24 bits per heavy atom. The van der Waals surface area contributed by atoms with Crippen molar-refractivity contribution in [3.63, 3.8) is 0 Å². The van der Waals surface area contributed by atoms with Crippen molar-refractivity contribution < 1.29 is 9.18 Å². The van der Waals surface area contributed by atoms with E-state index in [0.29, 0.717) is 11.4 Å². The van der Waals surface area contributed by atoms with Gasteiger partial charge in [-0.3, -0.25) is 9.58 Å². The van der Waals surface area contributed by atoms with Gasteiger partial charge in [0.25, 0.3) is 0 Å². The first-order valence-corrected chi connectivity index (χ1v) is 8.33. The molecule has 0 unspecified atom stereocenters. The first kappa shape index (κ1) is 17.2. The Labute approximate surface area is 153 Å². The van der Waals surface area contributed by atoms with Gasteiger partial charge in [-0.05, 0) is 52.3 Å². The molecule has 3 rings (SSSR count). The fourth-order valence-corrected chi connectivity index (χ4v) is 3.05. The van der Waals surface area contributed by atoms with Gasteiger partial charge in [0.05, 0.1) is 16.4 Å². The fourth-order valence-electron chi connectivity index (χ4n) is 2.47. The highest BCUT2D eigenvalue weighted by atomic mass is 79.9. The van der Waals surface area contributed by atoms with Crippen molar-refractivity contribution in [3.8, 4) is 11.3 Å². The van der Waals surface area contributed by atoms with E-state index in [1.54, 1.807) is 30.1 Å². The summed E-state index contributed by atoms with van der Waals surface area (Å²) in [5.41, 5.74) is 3.10. The van der Waals surface area contributed by atoms with Crippen molar-refractivity contribution in [2.75, 3.05) is 17.3 Å². The van der Waals surface area contributed by atoms with E-state index in [0.717, 1.165) is 15.7 Å². The number of amides is 2. The largest absolute Gasteiger partial charge is 0.326 e. The van der Waals surface area contributed by atoms with Gasteiger partial charge in [-0.25, -0.2) is 9.18 Å². The summed E-state index contributed by atoms with van der Waals surface area (Å²) in [6.07, 6.45) is 1.73. The van der Waals surface area contributed by atoms with Crippen molar-refractivity contribution in [1.82, 2.24) is 9.78 Å². The number of nitrogens with zero attached hydrogens (tertiary/aromatic N) is 3. The van der Waals surface area contributed by atoms with E-state index in [1.165, 1.54) is 17.0 Å². The number of aryl methyl sites for hydroxylation is 1. The second kappa shape index (κ2) is 7.06. The third-order valence-corrected chi connectivity index (χ3v) is 4.38. The first-order valence-electron chi connectivity index (χ1n) is 7.54. The molecule has 0 aliphatic heterocycles. The molecule has 5 nitrogen and oxygen atoms in total. The topological polar surface area (TPSA) is 50.2 Å². The number of nitrogens with one attached hydrogen (secondary N) is 1. The molecule has 0 atom stereocenters. The maximum atomic E-state index is 13.0. The van der Waals surface area contributed by atoms with E-state index in [-0.39, 0.29) is 11.8 Å². The number of rotatable bonds is 3. The number of carbonyl (C=O) groups excluding carboxylic acids is 1. The Balaban J connectivity index is 1.80. The smallest absolute Gasteiger partial charge is 0.308 e. The number of hydrogen-bond acceptors (Lipinski definition) is 2. The maximum absolute atomic E-state index is 13.0. The monoisotopic (exact) mass is 402 g/mol. The molecular weight excluding hydrogens is 387 g/mol. The van der Waals surface area contributed by atoms with E-state index in [9.17, 15) is 9.18 Å². The lowest BCUT2D eigenvalue weighted by Gasteiger charge is -2.18. The average Bonchev–Trinajstić information content (AvgIpc) is 2.93. The maximum Gasteiger partial charge on any atom is 0.326 e. The van der Waals surface area contributed by atoms with Gasteiger partial charge in [-0.15, -0.1) is 0 Å². The molecule has 1 aromatic heterocycles. The lowest BCUT2D eigenvalue weighted by molar-refractivity contribution is 0.258. The molecule has 128 valence electrons. The van der Waals surface area contributed by atoms with Crippen molar-refractivity contribution >= 4 is 33.3 Å². The van der Waals surface area contributed by atoms with Crippen LogP contribution in [0, 0.1) is 5.82 Å². The van der Waals surface area contributed by atoms with Crippen LogP contribution in [0.1, 0.15) is 0 Å². The summed E-state index contributed by atoms with van der Waals surface area (Å²) in [5, 5.41) is 7.05. The molecule has 0 spiro atoms. The molecule has 0 saturated carbocycles. The van der Waals surface area contributed by atoms with Gasteiger partial charge in [0.2, 0.25) is 0 Å². The van der Waals surface area contributed by atoms with Gasteiger partial charge < -0.3 is 5.32 Å². The van der Waals surface area contributed by atoms with Gasteiger partial charge in [0.15, 0.2) is 0 Å². The van der Waals surface area contributed by atoms with Crippen LogP contribution in [0.4, 0.5) is 20.6 Å². The summed E-state index contributed by atoms with van der Waals surface area (Å²) in [4.78, 5) is 13.8. The number of anilines is 2. The molecule has 2 aromatic carbocycles. The lowest BCUT2D eigenvalue weighted by Crippen LogP contribution is -2.31. The van der Waals surface area contributed by atoms with Crippen LogP contribution in [0.2, 0.25) is 0 Å². The van der Waals surface area contributed by atoms with Crippen LogP contribution >= 0.6 is 15.9 Å². The second-order valence-electron chi connectivity index (χ2n) is 5.51. The molecule has 7 heteroatoms. The Kier molecular flexibility index (Phi) is 4.85. The van der Waals surface area contributed by atoms with Crippen molar-refractivity contribution in [2.24, 2.45) is 7.05 Å². The molecule has 0 aliphatic rings. The molecular formula is C18H16BrFN4O. The summed E-state index contributed by atoms with van der Waals surface area (Å²) < 4.78 is 15.6. The van der Waals surface area contributed by atoms with E-state index < -0.39 is 0 Å². The lowest BCUT2D eigenvalue weighted by atomic mass is 10.1. The molecule has 25 heavy (non-hydrogen) atoms. The Bertz CT molecular complexity index is 888. The van der Waals surface area contributed by atoms with Crippen molar-refractivity contribution in [3.05, 3.63) is 65.0 Å². The SMILES string of the molecule is CN(C(=O)Nc1cccc(-c2c(Br)cnn2C)c1)c1ccc(F)cc1. The summed E-state index contributed by atoms with van der Waals surface area (Å²) in [6.45, 7) is 0. The third-order valence-electron chi connectivity index (χ3n) is 3.80. The molecule has 0 radical (unpaired) electrons. The van der Waals surface area contributed by atoms with Gasteiger partial charge in [0.1, 0.15) is 5.82 Å². The summed E-state index contributed by atoms with van der Waals surface area (Å²) in [6, 6.07) is 12.9. The van der Waals surface area contributed by atoms with Crippen LogP contribution in [0.25, 0.3) is 11.3 Å². The number of halogens is 2. The van der Waals surface area contributed by atoms with E-state index >= 15 is 0 Å². The van der Waals surface area contributed by atoms with E-state index in [1.807, 2.05) is 31.3 Å². The van der Waals surface area contributed by atoms with E-state index in [2.05, 4.69) is 26.3 Å². The standard InChI is InChI=1S/C18H16BrFN4O/c1-23(15-8-6-13(20)7-9-15)18(25)22-14-5-3-4-12(10-14)17-16(19)11-21-24(17)2/h3-11H,1-2H3,(H,22,25). The van der Waals surface area contributed by atoms with Gasteiger partial charge in [0, 0.05) is 31.0 Å². The second-order valence-corrected chi connectivity index (χ2v) is 6.37. The summed E-state index contributed by atoms with van der Waals surface area (Å²) in [5.74, 6) is -0.341. The Morgan fingerprint density at radius 3 is 2.60 bits per heavy atom. The van der Waals surface area contributed by atoms with Crippen LogP contribution < -0.4 is 10.2 Å². The minimum Gasteiger partial charge on any atom is -0.308 e. The van der Waals surface area contributed by atoms with Crippen LogP contribution in [0.3, 0.4) is 0 Å². The third kappa shape index (κ3) is 3.71. The highest BCUT2D eigenvalue weighted by molar-refractivity contribution is 9.10. The number of carbonyl (C=O) groups is 1. The van der Waals surface area contributed by atoms with Gasteiger partial charge >= 0.3 is 6.03 Å². The zero-order valence-corrected chi connectivity index (χ0v) is 15.3. The molecule has 0 aliphatic carbocycles. The predicted octanol–water partition coefficient (Wildman–Crippen LogP) is 4.66. The highest BCUT2D eigenvalue weighted by Crippen LogP contribution is 2.29. The van der Waals surface area contributed by atoms with Crippen LogP contribution in [0.15, 0.2) is 59.2 Å². The normalized spacial score (nSPS) is 10.6. The van der Waals surface area contributed by atoms with E-state index in [4.69, 9.17) is 0 Å². The number of urea groups is 1. The van der Waals surface area contributed by atoms with Crippen LogP contribution in [0.5, 0.6) is 0 Å². The fraction of sp³-hybridized carbons (Fsp3) is 0.111. The predicted molar refractivity (Wildman–Crippen MR) is 100 cm³/mol. The summed E-state index contributed by atoms with van der Waals surface area (Å²) >= 11 is 3.48. The highest BCUT2D eigenvalue weighted by Gasteiger charge is 2.13. The molecule has 1 heterocycles. The first-order chi connectivity index (χ1) is 12.0. The molecule has 2 amide bonds. The molecule has 0 fully saturated rings. The number of aromatic nitrogens is 2. The van der Waals surface area contributed by atoms with Gasteiger partial charge in [-0.1, -0.05) is 12.1 Å². The number of hydrogen-bond donors (Lipinski definition) is 1. The summed E-state index contributed by atoms with van der Waals surface area (Å²) in [7, 11) is 3.48. The Morgan fingerprint density at radius 2 is 1.96 bits per heavy atom. The molecule has 1 N–H and O–H groups in total. The number of benzene rings is 2. The van der Waals surface area contributed by atoms with Gasteiger partial charge in [-0.2, -0.15) is 5.10 Å². The minimum atomic E-state index is -0.341. The molecule has 3 aromatic rings. The molecule has 0 saturated heterocycles. The minimum absolute atomic E-state index is 0.312. The average molecular weight is 403 g/mol. The van der Waals surface area contributed by atoms with Crippen molar-refractivity contribution in [1.29, 1.82) is 0 Å². The molecule has 0 bridgehead atoms.